The molecule has 0 fully saturated rings. The highest BCUT2D eigenvalue weighted by atomic mass is 16.7. The largest absolute Gasteiger partial charge is 0.393 e. The Bertz CT molecular complexity index is 229. The lowest BCUT2D eigenvalue weighted by atomic mass is 10.4. The Morgan fingerprint density at radius 2 is 2.08 bits per heavy atom. The molecule has 0 radical (unpaired) electrons. The van der Waals surface area contributed by atoms with Crippen LogP contribution in [0.5, 0.6) is 0 Å². The van der Waals surface area contributed by atoms with E-state index in [1.165, 1.54) is 0 Å². The smallest absolute Gasteiger partial charge is 0.267 e. The fourth-order valence-electron chi connectivity index (χ4n) is 0.681. The van der Waals surface area contributed by atoms with Crippen LogP contribution in [0.4, 0.5) is 0 Å². The van der Waals surface area contributed by atoms with E-state index in [-0.39, 0.29) is 10.6 Å². The molecule has 0 aromatic heterocycles. The molecule has 0 heterocycles. The van der Waals surface area contributed by atoms with Crippen molar-refractivity contribution in [2.75, 3.05) is 14.1 Å². The third-order valence-corrected chi connectivity index (χ3v) is 1.37. The van der Waals surface area contributed by atoms with Crippen molar-refractivity contribution in [1.82, 2.24) is 0 Å². The van der Waals surface area contributed by atoms with Crippen LogP contribution < -0.4 is 0 Å². The topological polar surface area (TPSA) is 26.3 Å². The van der Waals surface area contributed by atoms with Crippen molar-refractivity contribution in [2.45, 2.75) is 20.3 Å². The monoisotopic (exact) mass is 184 g/mol. The van der Waals surface area contributed by atoms with Crippen molar-refractivity contribution in [3.63, 3.8) is 0 Å². The number of hydrogen-bond donors (Lipinski definition) is 0. The second-order valence-electron chi connectivity index (χ2n) is 3.39. The summed E-state index contributed by atoms with van der Waals surface area (Å²) < 4.78 is 0.0968. The van der Waals surface area contributed by atoms with E-state index in [1.54, 1.807) is 21.0 Å². The molecular weight excluding hydrogens is 166 g/mol. The van der Waals surface area contributed by atoms with Crippen LogP contribution in [0.1, 0.15) is 20.3 Å². The predicted molar refractivity (Wildman–Crippen MR) is 52.4 cm³/mol. The number of carbonyl (C=O) groups excluding carboxylic acids is 1. The first kappa shape index (κ1) is 11.9. The summed E-state index contributed by atoms with van der Waals surface area (Å²) in [6, 6.07) is 0. The SMILES string of the molecule is C=C(C)C(=O)O[N+](C)(C)C=CCC. The zero-order chi connectivity index (χ0) is 10.5. The summed E-state index contributed by atoms with van der Waals surface area (Å²) in [5.41, 5.74) is 0.413. The lowest BCUT2D eigenvalue weighted by Gasteiger charge is -2.21. The molecule has 74 valence electrons. The summed E-state index contributed by atoms with van der Waals surface area (Å²) >= 11 is 0. The number of rotatable bonds is 4. The predicted octanol–water partition coefficient (Wildman–Crippen LogP) is 2.02. The van der Waals surface area contributed by atoms with Gasteiger partial charge in [-0.2, -0.15) is 0 Å². The van der Waals surface area contributed by atoms with E-state index in [1.807, 2.05) is 19.2 Å². The number of allylic oxidation sites excluding steroid dienone is 1. The number of nitrogens with zero attached hydrogens (tertiary/aromatic N) is 1. The molecule has 0 saturated heterocycles. The van der Waals surface area contributed by atoms with Crippen LogP contribution >= 0.6 is 0 Å². The van der Waals surface area contributed by atoms with Gasteiger partial charge in [-0.15, -0.1) is 4.65 Å². The quantitative estimate of drug-likeness (QED) is 0.379. The van der Waals surface area contributed by atoms with Gasteiger partial charge in [0.05, 0.1) is 0 Å². The third kappa shape index (κ3) is 5.20. The standard InChI is InChI=1S/C10H18NO2/c1-6-7-8-11(4,5)13-10(12)9(2)3/h7-8H,2,6H2,1,3-5H3/q+1. The molecule has 3 nitrogen and oxygen atoms in total. The molecule has 0 spiro atoms. The highest BCUT2D eigenvalue weighted by Gasteiger charge is 2.18. The maximum atomic E-state index is 11.2. The van der Waals surface area contributed by atoms with Crippen molar-refractivity contribution < 1.29 is 14.3 Å². The summed E-state index contributed by atoms with van der Waals surface area (Å²) in [6.45, 7) is 7.17. The van der Waals surface area contributed by atoms with Crippen LogP contribution in [-0.4, -0.2) is 24.7 Å². The normalized spacial score (nSPS) is 11.7. The molecule has 0 bridgehead atoms. The minimum absolute atomic E-state index is 0.0968. The van der Waals surface area contributed by atoms with Crippen LogP contribution in [0, 0.1) is 0 Å². The Morgan fingerprint density at radius 3 is 2.46 bits per heavy atom. The van der Waals surface area contributed by atoms with Gasteiger partial charge in [0.2, 0.25) is 0 Å². The highest BCUT2D eigenvalue weighted by molar-refractivity contribution is 5.86. The molecule has 0 atom stereocenters. The average molecular weight is 184 g/mol. The van der Waals surface area contributed by atoms with Crippen LogP contribution in [0.3, 0.4) is 0 Å². The van der Waals surface area contributed by atoms with E-state index >= 15 is 0 Å². The number of quaternary nitrogens is 1. The van der Waals surface area contributed by atoms with E-state index < -0.39 is 0 Å². The van der Waals surface area contributed by atoms with Gasteiger partial charge in [-0.25, -0.2) is 4.79 Å². The summed E-state index contributed by atoms with van der Waals surface area (Å²) in [5, 5.41) is 0. The van der Waals surface area contributed by atoms with Gasteiger partial charge >= 0.3 is 5.97 Å². The van der Waals surface area contributed by atoms with Gasteiger partial charge < -0.3 is 0 Å². The van der Waals surface area contributed by atoms with Crippen LogP contribution in [0.2, 0.25) is 0 Å². The number of hydrogen-bond acceptors (Lipinski definition) is 2. The van der Waals surface area contributed by atoms with Crippen LogP contribution in [0.25, 0.3) is 0 Å². The Morgan fingerprint density at radius 1 is 1.54 bits per heavy atom. The minimum atomic E-state index is -0.370. The molecule has 0 N–H and O–H groups in total. The number of carbonyl (C=O) groups is 1. The summed E-state index contributed by atoms with van der Waals surface area (Å²) in [5.74, 6) is -0.370. The molecule has 0 aromatic carbocycles. The Labute approximate surface area is 79.8 Å². The molecule has 0 aromatic rings. The van der Waals surface area contributed by atoms with Gasteiger partial charge in [0, 0.05) is 5.57 Å². The van der Waals surface area contributed by atoms with Crippen molar-refractivity contribution in [1.29, 1.82) is 0 Å². The van der Waals surface area contributed by atoms with Crippen molar-refractivity contribution in [3.8, 4) is 0 Å². The Kier molecular flexibility index (Phi) is 4.42. The molecule has 0 aliphatic heterocycles. The third-order valence-electron chi connectivity index (χ3n) is 1.37. The highest BCUT2D eigenvalue weighted by Crippen LogP contribution is 2.05. The molecule has 0 rings (SSSR count). The van der Waals surface area contributed by atoms with Crippen LogP contribution in [0.15, 0.2) is 24.4 Å². The van der Waals surface area contributed by atoms with Crippen molar-refractivity contribution >= 4 is 5.97 Å². The lowest BCUT2D eigenvalue weighted by molar-refractivity contribution is -1.02. The van der Waals surface area contributed by atoms with Crippen molar-refractivity contribution in [2.24, 2.45) is 0 Å². The fraction of sp³-hybridized carbons (Fsp3) is 0.500. The molecule has 3 heteroatoms. The first-order chi connectivity index (χ1) is 5.89. The molecule has 13 heavy (non-hydrogen) atoms. The van der Waals surface area contributed by atoms with E-state index in [2.05, 4.69) is 6.58 Å². The zero-order valence-corrected chi connectivity index (χ0v) is 8.83. The Hall–Kier alpha value is -1.09. The summed E-state index contributed by atoms with van der Waals surface area (Å²) in [6.07, 6.45) is 4.69. The van der Waals surface area contributed by atoms with E-state index in [4.69, 9.17) is 4.84 Å². The first-order valence-electron chi connectivity index (χ1n) is 4.30. The summed E-state index contributed by atoms with van der Waals surface area (Å²) in [7, 11) is 3.57. The average Bonchev–Trinajstić information content (AvgIpc) is 2.00. The zero-order valence-electron chi connectivity index (χ0n) is 8.83. The van der Waals surface area contributed by atoms with Gasteiger partial charge in [0.25, 0.3) is 0 Å². The van der Waals surface area contributed by atoms with Gasteiger partial charge in [0.1, 0.15) is 20.3 Å². The van der Waals surface area contributed by atoms with E-state index in [0.717, 1.165) is 6.42 Å². The molecule has 0 aliphatic carbocycles. The molecule has 0 aliphatic rings. The molecule has 0 saturated carbocycles. The van der Waals surface area contributed by atoms with Gasteiger partial charge in [0.15, 0.2) is 0 Å². The molecule has 0 amide bonds. The lowest BCUT2D eigenvalue weighted by Crippen LogP contribution is -2.36. The number of hydroxylamine groups is 3. The maximum Gasteiger partial charge on any atom is 0.393 e. The second-order valence-corrected chi connectivity index (χ2v) is 3.39. The molecular formula is C10H18NO2+. The second kappa shape index (κ2) is 4.82. The Balaban J connectivity index is 4.24. The first-order valence-corrected chi connectivity index (χ1v) is 4.30. The van der Waals surface area contributed by atoms with E-state index in [0.29, 0.717) is 5.57 Å². The van der Waals surface area contributed by atoms with Crippen LogP contribution in [-0.2, 0) is 9.63 Å². The molecule has 0 unspecified atom stereocenters. The van der Waals surface area contributed by atoms with Crippen molar-refractivity contribution in [3.05, 3.63) is 24.4 Å². The maximum absolute atomic E-state index is 11.2. The fourth-order valence-corrected chi connectivity index (χ4v) is 0.681. The summed E-state index contributed by atoms with van der Waals surface area (Å²) in [4.78, 5) is 16.3. The van der Waals surface area contributed by atoms with E-state index in [9.17, 15) is 4.79 Å². The van der Waals surface area contributed by atoms with Gasteiger partial charge in [-0.1, -0.05) is 13.5 Å². The van der Waals surface area contributed by atoms with Gasteiger partial charge in [-0.3, -0.25) is 4.84 Å². The van der Waals surface area contributed by atoms with Gasteiger partial charge in [-0.05, 0) is 19.4 Å². The minimum Gasteiger partial charge on any atom is -0.267 e.